The van der Waals surface area contributed by atoms with Gasteiger partial charge < -0.3 is 15.0 Å². The van der Waals surface area contributed by atoms with Crippen molar-refractivity contribution in [2.24, 2.45) is 12.8 Å². The van der Waals surface area contributed by atoms with Crippen LogP contribution in [0, 0.1) is 18.6 Å². The smallest absolute Gasteiger partial charge is 0.191 e. The largest absolute Gasteiger partial charge is 0.479 e. The molecule has 1 aromatic heterocycles. The van der Waals surface area contributed by atoms with Gasteiger partial charge in [0, 0.05) is 13.1 Å². The van der Waals surface area contributed by atoms with Crippen LogP contribution >= 0.6 is 0 Å². The number of ether oxygens (including phenoxy) is 1. The number of nitrogens with two attached hydrogens (primary N) is 1. The lowest BCUT2D eigenvalue weighted by molar-refractivity contribution is 0.261. The van der Waals surface area contributed by atoms with E-state index in [0.29, 0.717) is 23.6 Å². The molecule has 0 saturated heterocycles. The highest BCUT2D eigenvalue weighted by Gasteiger charge is 2.15. The molecule has 1 heterocycles. The molecule has 1 unspecified atom stereocenters. The molecule has 0 saturated carbocycles. The van der Waals surface area contributed by atoms with Crippen molar-refractivity contribution in [3.05, 3.63) is 41.0 Å². The first-order valence-electron chi connectivity index (χ1n) is 6.59. The van der Waals surface area contributed by atoms with Gasteiger partial charge in [-0.2, -0.15) is 0 Å². The molecule has 0 radical (unpaired) electrons. The highest BCUT2D eigenvalue weighted by molar-refractivity contribution is 5.31. The molecular weight excluding hydrogens is 278 g/mol. The Bertz CT molecular complexity index is 617. The molecule has 21 heavy (non-hydrogen) atoms. The number of hydrogen-bond acceptors (Lipinski definition) is 4. The number of hydrogen-bond donors (Lipinski definition) is 1. The first-order chi connectivity index (χ1) is 9.88. The van der Waals surface area contributed by atoms with E-state index in [4.69, 9.17) is 10.5 Å². The van der Waals surface area contributed by atoms with E-state index < -0.39 is 17.4 Å². The summed E-state index contributed by atoms with van der Waals surface area (Å²) in [4.78, 5) is 0. The molecule has 2 N–H and O–H groups in total. The summed E-state index contributed by atoms with van der Waals surface area (Å²) < 4.78 is 34.7. The fraction of sp³-hybridized carbons (Fsp3) is 0.429. The minimum atomic E-state index is -0.746. The van der Waals surface area contributed by atoms with Gasteiger partial charge in [0.25, 0.3) is 0 Å². The van der Waals surface area contributed by atoms with Gasteiger partial charge in [-0.05, 0) is 38.0 Å². The zero-order chi connectivity index (χ0) is 15.6. The average molecular weight is 296 g/mol. The van der Waals surface area contributed by atoms with Crippen LogP contribution in [-0.2, 0) is 20.1 Å². The SMILES string of the molecule is Cc1nnc(COc2c(F)cc(CC(C)N)cc2F)n1C. The van der Waals surface area contributed by atoms with Crippen molar-refractivity contribution in [2.45, 2.75) is 32.9 Å². The molecule has 1 atom stereocenters. The van der Waals surface area contributed by atoms with Gasteiger partial charge in [0.05, 0.1) is 0 Å². The second kappa shape index (κ2) is 6.17. The van der Waals surface area contributed by atoms with Gasteiger partial charge in [-0.25, -0.2) is 8.78 Å². The van der Waals surface area contributed by atoms with Crippen LogP contribution in [0.3, 0.4) is 0 Å². The van der Waals surface area contributed by atoms with Gasteiger partial charge in [0.15, 0.2) is 23.2 Å². The third-order valence-electron chi connectivity index (χ3n) is 3.14. The molecule has 2 aromatic rings. The molecule has 0 bridgehead atoms. The number of rotatable bonds is 5. The fourth-order valence-corrected chi connectivity index (χ4v) is 1.95. The lowest BCUT2D eigenvalue weighted by atomic mass is 10.1. The van der Waals surface area contributed by atoms with Gasteiger partial charge in [0.1, 0.15) is 12.4 Å². The predicted molar refractivity (Wildman–Crippen MR) is 73.8 cm³/mol. The first kappa shape index (κ1) is 15.4. The number of aryl methyl sites for hydroxylation is 1. The van der Waals surface area contributed by atoms with Crippen molar-refractivity contribution in [3.8, 4) is 5.75 Å². The number of benzene rings is 1. The molecule has 0 aliphatic carbocycles. The predicted octanol–water partition coefficient (Wildman–Crippen LogP) is 1.87. The molecule has 0 amide bonds. The van der Waals surface area contributed by atoms with E-state index in [1.807, 2.05) is 0 Å². The standard InChI is InChI=1S/C14H18F2N4O/c1-8(17)4-10-5-11(15)14(12(16)6-10)21-7-13-19-18-9(2)20(13)3/h5-6,8H,4,7,17H2,1-3H3. The Labute approximate surface area is 121 Å². The normalized spacial score (nSPS) is 12.5. The maximum Gasteiger partial charge on any atom is 0.191 e. The van der Waals surface area contributed by atoms with E-state index in [9.17, 15) is 8.78 Å². The monoisotopic (exact) mass is 296 g/mol. The van der Waals surface area contributed by atoms with Gasteiger partial charge >= 0.3 is 0 Å². The molecule has 0 aliphatic rings. The Morgan fingerprint density at radius 3 is 2.38 bits per heavy atom. The maximum absolute atomic E-state index is 13.9. The molecule has 7 heteroatoms. The molecule has 2 rings (SSSR count). The second-order valence-corrected chi connectivity index (χ2v) is 5.08. The highest BCUT2D eigenvalue weighted by Crippen LogP contribution is 2.24. The van der Waals surface area contributed by atoms with Crippen molar-refractivity contribution < 1.29 is 13.5 Å². The molecule has 0 aliphatic heterocycles. The van der Waals surface area contributed by atoms with Crippen molar-refractivity contribution in [2.75, 3.05) is 0 Å². The number of halogens is 2. The van der Waals surface area contributed by atoms with Gasteiger partial charge in [0.2, 0.25) is 0 Å². The van der Waals surface area contributed by atoms with Crippen LogP contribution < -0.4 is 10.5 Å². The van der Waals surface area contributed by atoms with Crippen molar-refractivity contribution in [3.63, 3.8) is 0 Å². The molecule has 0 spiro atoms. The van der Waals surface area contributed by atoms with E-state index in [1.165, 1.54) is 12.1 Å². The van der Waals surface area contributed by atoms with Crippen molar-refractivity contribution in [1.29, 1.82) is 0 Å². The van der Waals surface area contributed by atoms with Crippen LogP contribution in [-0.4, -0.2) is 20.8 Å². The molecule has 5 nitrogen and oxygen atoms in total. The fourth-order valence-electron chi connectivity index (χ4n) is 1.95. The average Bonchev–Trinajstić information content (AvgIpc) is 2.68. The maximum atomic E-state index is 13.9. The summed E-state index contributed by atoms with van der Waals surface area (Å²) >= 11 is 0. The Hall–Kier alpha value is -2.02. The Kier molecular flexibility index (Phi) is 4.52. The van der Waals surface area contributed by atoms with Crippen LogP contribution in [0.4, 0.5) is 8.78 Å². The number of nitrogens with zero attached hydrogens (tertiary/aromatic N) is 3. The second-order valence-electron chi connectivity index (χ2n) is 5.08. The molecular formula is C14H18F2N4O. The summed E-state index contributed by atoms with van der Waals surface area (Å²) in [6, 6.07) is 2.31. The van der Waals surface area contributed by atoms with Crippen LogP contribution in [0.25, 0.3) is 0 Å². The number of aromatic nitrogens is 3. The summed E-state index contributed by atoms with van der Waals surface area (Å²) in [5.74, 6) is -0.717. The molecule has 114 valence electrons. The summed E-state index contributed by atoms with van der Waals surface area (Å²) in [5, 5.41) is 7.72. The highest BCUT2D eigenvalue weighted by atomic mass is 19.1. The van der Waals surface area contributed by atoms with E-state index >= 15 is 0 Å². The minimum absolute atomic E-state index is 0.0577. The van der Waals surface area contributed by atoms with E-state index in [-0.39, 0.29) is 12.6 Å². The Morgan fingerprint density at radius 1 is 1.29 bits per heavy atom. The summed E-state index contributed by atoms with van der Waals surface area (Å²) in [6.07, 6.45) is 0.399. The zero-order valence-electron chi connectivity index (χ0n) is 12.2. The Balaban J connectivity index is 2.15. The zero-order valence-corrected chi connectivity index (χ0v) is 12.2. The van der Waals surface area contributed by atoms with Gasteiger partial charge in [-0.15, -0.1) is 10.2 Å². The van der Waals surface area contributed by atoms with E-state index in [1.54, 1.807) is 25.5 Å². The quantitative estimate of drug-likeness (QED) is 0.914. The minimum Gasteiger partial charge on any atom is -0.479 e. The van der Waals surface area contributed by atoms with Crippen LogP contribution in [0.15, 0.2) is 12.1 Å². The van der Waals surface area contributed by atoms with Gasteiger partial charge in [-0.3, -0.25) is 0 Å². The van der Waals surface area contributed by atoms with Crippen LogP contribution in [0.5, 0.6) is 5.75 Å². The summed E-state index contributed by atoms with van der Waals surface area (Å²) in [5.41, 5.74) is 6.12. The molecule has 1 aromatic carbocycles. The Morgan fingerprint density at radius 2 is 1.90 bits per heavy atom. The van der Waals surface area contributed by atoms with Gasteiger partial charge in [-0.1, -0.05) is 0 Å². The van der Waals surface area contributed by atoms with E-state index in [0.717, 1.165) is 0 Å². The molecule has 0 fully saturated rings. The van der Waals surface area contributed by atoms with Crippen LogP contribution in [0.1, 0.15) is 24.1 Å². The topological polar surface area (TPSA) is 66.0 Å². The van der Waals surface area contributed by atoms with Crippen molar-refractivity contribution in [1.82, 2.24) is 14.8 Å². The first-order valence-corrected chi connectivity index (χ1v) is 6.59. The summed E-state index contributed by atoms with van der Waals surface area (Å²) in [7, 11) is 1.76. The lowest BCUT2D eigenvalue weighted by Gasteiger charge is -2.11. The van der Waals surface area contributed by atoms with E-state index in [2.05, 4.69) is 10.2 Å². The summed E-state index contributed by atoms with van der Waals surface area (Å²) in [6.45, 7) is 3.49. The lowest BCUT2D eigenvalue weighted by Crippen LogP contribution is -2.18. The third kappa shape index (κ3) is 3.55. The third-order valence-corrected chi connectivity index (χ3v) is 3.14. The van der Waals surface area contributed by atoms with Crippen LogP contribution in [0.2, 0.25) is 0 Å². The van der Waals surface area contributed by atoms with Crippen molar-refractivity contribution >= 4 is 0 Å².